The maximum Gasteiger partial charge on any atom is 0.333 e. The van der Waals surface area contributed by atoms with Crippen molar-refractivity contribution in [1.29, 1.82) is 0 Å². The minimum atomic E-state index is -1.19. The molecule has 134 valence electrons. The third-order valence-electron chi connectivity index (χ3n) is 3.50. The van der Waals surface area contributed by atoms with E-state index in [1.54, 1.807) is 6.92 Å². The molecule has 0 aliphatic heterocycles. The molecule has 0 bridgehead atoms. The van der Waals surface area contributed by atoms with Crippen LogP contribution in [0.5, 0.6) is 0 Å². The van der Waals surface area contributed by atoms with Gasteiger partial charge in [0.15, 0.2) is 0 Å². The molecular formula is C20H32O3Si. The van der Waals surface area contributed by atoms with Crippen LogP contribution in [0.1, 0.15) is 27.7 Å². The van der Waals surface area contributed by atoms with Crippen LogP contribution in [0.2, 0.25) is 25.7 Å². The fraction of sp³-hybridized carbons (Fsp3) is 0.550. The van der Waals surface area contributed by atoms with Gasteiger partial charge in [-0.25, -0.2) is 4.79 Å². The summed E-state index contributed by atoms with van der Waals surface area (Å²) in [4.78, 5) is 12.0. The van der Waals surface area contributed by atoms with Crippen molar-refractivity contribution in [3.63, 3.8) is 0 Å². The lowest BCUT2D eigenvalue weighted by atomic mass is 10.0. The van der Waals surface area contributed by atoms with Gasteiger partial charge < -0.3 is 9.84 Å². The first-order valence-corrected chi connectivity index (χ1v) is 12.0. The number of ether oxygens (including phenoxy) is 1. The molecule has 0 saturated carbocycles. The second kappa shape index (κ2) is 10.3. The third kappa shape index (κ3) is 10.2. The molecule has 24 heavy (non-hydrogen) atoms. The van der Waals surface area contributed by atoms with Gasteiger partial charge in [0.2, 0.25) is 0 Å². The second-order valence-electron chi connectivity index (χ2n) is 7.54. The van der Waals surface area contributed by atoms with Crippen LogP contribution >= 0.6 is 0 Å². The van der Waals surface area contributed by atoms with Gasteiger partial charge in [0.1, 0.15) is 6.10 Å². The van der Waals surface area contributed by atoms with Crippen molar-refractivity contribution in [2.24, 2.45) is 5.92 Å². The first-order chi connectivity index (χ1) is 11.0. The number of hydrogen-bond acceptors (Lipinski definition) is 3. The summed E-state index contributed by atoms with van der Waals surface area (Å²) in [5.74, 6) is 1.94. The van der Waals surface area contributed by atoms with Crippen LogP contribution in [0.3, 0.4) is 0 Å². The molecule has 4 heteroatoms. The van der Waals surface area contributed by atoms with Gasteiger partial charge in [-0.15, -0.1) is 6.42 Å². The summed E-state index contributed by atoms with van der Waals surface area (Å²) < 4.78 is 5.33. The summed E-state index contributed by atoms with van der Waals surface area (Å²) in [6.45, 7) is 14.8. The Hall–Kier alpha value is -1.57. The van der Waals surface area contributed by atoms with Crippen molar-refractivity contribution in [2.45, 2.75) is 59.5 Å². The molecule has 0 heterocycles. The van der Waals surface area contributed by atoms with Crippen LogP contribution in [-0.4, -0.2) is 31.9 Å². The highest BCUT2D eigenvalue weighted by molar-refractivity contribution is 6.76. The zero-order valence-electron chi connectivity index (χ0n) is 16.1. The Kier molecular flexibility index (Phi) is 9.65. The highest BCUT2D eigenvalue weighted by Gasteiger charge is 2.14. The monoisotopic (exact) mass is 348 g/mol. The van der Waals surface area contributed by atoms with Gasteiger partial charge in [-0.1, -0.05) is 55.8 Å². The SMILES string of the molecule is C#C[C@@H](O)[C@H](C)/C=C(C)/C=C(C)/C=C(\C)C(=O)OCC[Si](C)(C)C. The zero-order valence-corrected chi connectivity index (χ0v) is 17.1. The molecule has 3 nitrogen and oxygen atoms in total. The van der Waals surface area contributed by atoms with Gasteiger partial charge in [0.05, 0.1) is 6.61 Å². The first kappa shape index (κ1) is 22.4. The lowest BCUT2D eigenvalue weighted by molar-refractivity contribution is -0.138. The fourth-order valence-electron chi connectivity index (χ4n) is 2.07. The average Bonchev–Trinajstić information content (AvgIpc) is 2.44. The Morgan fingerprint density at radius 2 is 1.79 bits per heavy atom. The molecule has 0 aromatic rings. The topological polar surface area (TPSA) is 46.5 Å². The normalized spacial score (nSPS) is 16.4. The Labute approximate surface area is 148 Å². The van der Waals surface area contributed by atoms with Crippen LogP contribution in [-0.2, 0) is 9.53 Å². The third-order valence-corrected chi connectivity index (χ3v) is 5.21. The summed E-state index contributed by atoms with van der Waals surface area (Å²) in [7, 11) is -1.19. The van der Waals surface area contributed by atoms with E-state index >= 15 is 0 Å². The number of hydrogen-bond donors (Lipinski definition) is 1. The molecule has 2 atom stereocenters. The van der Waals surface area contributed by atoms with E-state index in [1.165, 1.54) is 0 Å². The van der Waals surface area contributed by atoms with Crippen molar-refractivity contribution in [2.75, 3.05) is 6.61 Å². The predicted octanol–water partition coefficient (Wildman–Crippen LogP) is 4.34. The van der Waals surface area contributed by atoms with E-state index in [2.05, 4.69) is 25.6 Å². The number of carbonyl (C=O) groups excluding carboxylic acids is 1. The number of terminal acetylenes is 1. The minimum absolute atomic E-state index is 0.115. The van der Waals surface area contributed by atoms with Gasteiger partial charge in [-0.2, -0.15) is 0 Å². The molecule has 0 saturated heterocycles. The lowest BCUT2D eigenvalue weighted by Crippen LogP contribution is -2.22. The second-order valence-corrected chi connectivity index (χ2v) is 13.2. The summed E-state index contributed by atoms with van der Waals surface area (Å²) in [6, 6.07) is 0.970. The van der Waals surface area contributed by atoms with Crippen LogP contribution < -0.4 is 0 Å². The van der Waals surface area contributed by atoms with E-state index in [-0.39, 0.29) is 11.9 Å². The van der Waals surface area contributed by atoms with Gasteiger partial charge in [0.25, 0.3) is 0 Å². The summed E-state index contributed by atoms with van der Waals surface area (Å²) in [5, 5.41) is 9.60. The Morgan fingerprint density at radius 1 is 1.21 bits per heavy atom. The predicted molar refractivity (Wildman–Crippen MR) is 104 cm³/mol. The van der Waals surface area contributed by atoms with Crippen LogP contribution in [0.25, 0.3) is 0 Å². The molecule has 0 unspecified atom stereocenters. The molecule has 0 aliphatic carbocycles. The van der Waals surface area contributed by atoms with Crippen molar-refractivity contribution in [3.05, 3.63) is 34.9 Å². The largest absolute Gasteiger partial charge is 0.463 e. The quantitative estimate of drug-likeness (QED) is 0.233. The standard InChI is InChI=1S/C20H32O3Si/c1-9-19(21)17(4)13-15(2)12-16(3)14-18(5)20(22)23-10-11-24(6,7)8/h1,12-14,17,19,21H,10-11H2,2-8H3/b15-13+,16-12+,18-14+/t17-,19-/m1/s1. The highest BCUT2D eigenvalue weighted by Crippen LogP contribution is 2.13. The number of aliphatic hydroxyl groups excluding tert-OH is 1. The van der Waals surface area contributed by atoms with Crippen LogP contribution in [0.15, 0.2) is 34.9 Å². The molecule has 0 rings (SSSR count). The van der Waals surface area contributed by atoms with Gasteiger partial charge in [-0.05, 0) is 32.9 Å². The molecule has 0 aromatic carbocycles. The number of allylic oxidation sites excluding steroid dienone is 4. The molecule has 0 aliphatic rings. The smallest absolute Gasteiger partial charge is 0.333 e. The van der Waals surface area contributed by atoms with Gasteiger partial charge in [0, 0.05) is 19.6 Å². The van der Waals surface area contributed by atoms with Crippen LogP contribution in [0.4, 0.5) is 0 Å². The Morgan fingerprint density at radius 3 is 2.29 bits per heavy atom. The van der Waals surface area contributed by atoms with Crippen LogP contribution in [0, 0.1) is 18.3 Å². The van der Waals surface area contributed by atoms with Crippen molar-refractivity contribution in [3.8, 4) is 12.3 Å². The van der Waals surface area contributed by atoms with E-state index in [9.17, 15) is 9.90 Å². The molecule has 0 radical (unpaired) electrons. The maximum absolute atomic E-state index is 12.0. The Bertz CT molecular complexity index is 556. The highest BCUT2D eigenvalue weighted by atomic mass is 28.3. The number of aliphatic hydroxyl groups is 1. The van der Waals surface area contributed by atoms with E-state index in [0.29, 0.717) is 12.2 Å². The number of esters is 1. The van der Waals surface area contributed by atoms with E-state index in [0.717, 1.165) is 17.2 Å². The van der Waals surface area contributed by atoms with E-state index in [4.69, 9.17) is 11.2 Å². The van der Waals surface area contributed by atoms with E-state index < -0.39 is 14.2 Å². The van der Waals surface area contributed by atoms with Gasteiger partial charge >= 0.3 is 5.97 Å². The molecule has 0 amide bonds. The molecule has 0 aromatic heterocycles. The molecular weight excluding hydrogens is 316 g/mol. The Balaban J connectivity index is 4.77. The number of carbonyl (C=O) groups is 1. The molecule has 0 fully saturated rings. The zero-order chi connectivity index (χ0) is 18.9. The maximum atomic E-state index is 12.0. The summed E-state index contributed by atoms with van der Waals surface area (Å²) in [6.07, 6.45) is 10.1. The van der Waals surface area contributed by atoms with Crippen molar-refractivity contribution < 1.29 is 14.6 Å². The van der Waals surface area contributed by atoms with Gasteiger partial charge in [-0.3, -0.25) is 0 Å². The van der Waals surface area contributed by atoms with Crippen molar-refractivity contribution in [1.82, 2.24) is 0 Å². The van der Waals surface area contributed by atoms with Crippen molar-refractivity contribution >= 4 is 14.0 Å². The fourth-order valence-corrected chi connectivity index (χ4v) is 2.79. The summed E-state index contributed by atoms with van der Waals surface area (Å²) >= 11 is 0. The summed E-state index contributed by atoms with van der Waals surface area (Å²) in [5.41, 5.74) is 2.53. The molecule has 1 N–H and O–H groups in total. The van der Waals surface area contributed by atoms with E-state index in [1.807, 2.05) is 39.0 Å². The minimum Gasteiger partial charge on any atom is -0.463 e. The molecule has 0 spiro atoms. The lowest BCUT2D eigenvalue weighted by Gasteiger charge is -2.15. The first-order valence-electron chi connectivity index (χ1n) is 8.32. The number of rotatable bonds is 8. The average molecular weight is 349 g/mol.